The van der Waals surface area contributed by atoms with E-state index in [1.807, 2.05) is 48.5 Å². The monoisotopic (exact) mass is 794 g/mol. The number of hydrogen-bond acceptors (Lipinski definition) is 6. The second-order valence-electron chi connectivity index (χ2n) is 15.4. The Labute approximate surface area is 356 Å². The third-order valence-electron chi connectivity index (χ3n) is 11.5. The van der Waals surface area contributed by atoms with E-state index >= 15 is 0 Å². The molecule has 0 amide bonds. The van der Waals surface area contributed by atoms with Crippen LogP contribution in [0, 0.1) is 0 Å². The van der Waals surface area contributed by atoms with Crippen LogP contribution >= 0.6 is 0 Å². The fourth-order valence-electron chi connectivity index (χ4n) is 8.41. The summed E-state index contributed by atoms with van der Waals surface area (Å²) in [6.45, 7) is 0. The summed E-state index contributed by atoms with van der Waals surface area (Å²) in [4.78, 5) is 20.6. The van der Waals surface area contributed by atoms with Gasteiger partial charge in [0.2, 0.25) is 0 Å². The van der Waals surface area contributed by atoms with Gasteiger partial charge in [0.05, 0.1) is 0 Å². The van der Waals surface area contributed by atoms with Crippen LogP contribution in [0.2, 0.25) is 0 Å². The Morgan fingerprint density at radius 3 is 1.18 bits per heavy atom. The van der Waals surface area contributed by atoms with E-state index < -0.39 is 0 Å². The minimum absolute atomic E-state index is 0.634. The summed E-state index contributed by atoms with van der Waals surface area (Å²) in [5, 5.41) is 1.92. The van der Waals surface area contributed by atoms with E-state index in [4.69, 9.17) is 28.8 Å². The smallest absolute Gasteiger partial charge is 0.180 e. The Morgan fingerprint density at radius 2 is 0.629 bits per heavy atom. The van der Waals surface area contributed by atoms with E-state index in [-0.39, 0.29) is 0 Å². The lowest BCUT2D eigenvalue weighted by Crippen LogP contribution is -1.95. The van der Waals surface area contributed by atoms with Crippen LogP contribution in [0.4, 0.5) is 0 Å². The lowest BCUT2D eigenvalue weighted by molar-refractivity contribution is 0.667. The number of furan rings is 2. The average molecular weight is 795 g/mol. The molecule has 12 rings (SSSR count). The fraction of sp³-hybridized carbons (Fsp3) is 0. The second-order valence-corrected chi connectivity index (χ2v) is 15.4. The quantitative estimate of drug-likeness (QED) is 0.160. The van der Waals surface area contributed by atoms with Crippen LogP contribution in [-0.2, 0) is 0 Å². The highest BCUT2D eigenvalue weighted by atomic mass is 16.3. The maximum Gasteiger partial charge on any atom is 0.180 e. The lowest BCUT2D eigenvalue weighted by atomic mass is 10.00. The van der Waals surface area contributed by atoms with Crippen molar-refractivity contribution in [3.63, 3.8) is 0 Å². The van der Waals surface area contributed by atoms with Gasteiger partial charge in [0.1, 0.15) is 33.6 Å². The van der Waals surface area contributed by atoms with Gasteiger partial charge in [0.15, 0.2) is 22.8 Å². The van der Waals surface area contributed by atoms with Crippen molar-refractivity contribution in [2.45, 2.75) is 0 Å². The van der Waals surface area contributed by atoms with Crippen molar-refractivity contribution in [2.24, 2.45) is 0 Å². The second kappa shape index (κ2) is 14.7. The predicted molar refractivity (Wildman–Crippen MR) is 250 cm³/mol. The van der Waals surface area contributed by atoms with Gasteiger partial charge in [-0.2, -0.15) is 0 Å². The first-order valence-electron chi connectivity index (χ1n) is 20.6. The van der Waals surface area contributed by atoms with Gasteiger partial charge in [-0.25, -0.2) is 19.9 Å². The van der Waals surface area contributed by atoms with E-state index in [0.29, 0.717) is 22.8 Å². The summed E-state index contributed by atoms with van der Waals surface area (Å²) >= 11 is 0. The predicted octanol–water partition coefficient (Wildman–Crippen LogP) is 14.7. The first kappa shape index (κ1) is 35.5. The van der Waals surface area contributed by atoms with E-state index in [9.17, 15) is 0 Å². The Bertz CT molecular complexity index is 3610. The number of rotatable bonds is 7. The third kappa shape index (κ3) is 6.21. The Balaban J connectivity index is 0.909. The van der Waals surface area contributed by atoms with Crippen molar-refractivity contribution in [3.8, 4) is 78.7 Å². The minimum atomic E-state index is 0.634. The topological polar surface area (TPSA) is 77.8 Å². The van der Waals surface area contributed by atoms with Gasteiger partial charge in [-0.05, 0) is 69.8 Å². The van der Waals surface area contributed by atoms with Crippen LogP contribution in [0.1, 0.15) is 0 Å². The zero-order valence-corrected chi connectivity index (χ0v) is 33.2. The molecule has 8 aromatic carbocycles. The van der Waals surface area contributed by atoms with Crippen LogP contribution in [0.25, 0.3) is 123 Å². The number of hydrogen-bond donors (Lipinski definition) is 0. The molecule has 6 heteroatoms. The molecule has 12 aromatic rings. The van der Waals surface area contributed by atoms with Gasteiger partial charge < -0.3 is 8.83 Å². The molecule has 0 spiro atoms. The van der Waals surface area contributed by atoms with Crippen molar-refractivity contribution in [1.82, 2.24) is 19.9 Å². The first-order valence-corrected chi connectivity index (χ1v) is 20.6. The Morgan fingerprint density at radius 1 is 0.258 bits per heavy atom. The number of benzene rings is 8. The molecule has 0 unspecified atom stereocenters. The third-order valence-corrected chi connectivity index (χ3v) is 11.5. The van der Waals surface area contributed by atoms with Gasteiger partial charge in [-0.3, -0.25) is 0 Å². The largest absolute Gasteiger partial charge is 0.452 e. The maximum atomic E-state index is 6.46. The Kier molecular flexibility index (Phi) is 8.38. The van der Waals surface area contributed by atoms with Crippen molar-refractivity contribution in [2.75, 3.05) is 0 Å². The van der Waals surface area contributed by atoms with Crippen LogP contribution < -0.4 is 0 Å². The molecule has 4 aromatic heterocycles. The molecule has 0 atom stereocenters. The normalized spacial score (nSPS) is 11.5. The summed E-state index contributed by atoms with van der Waals surface area (Å²) in [6, 6.07) is 70.6. The molecule has 4 heterocycles. The van der Waals surface area contributed by atoms with Crippen molar-refractivity contribution in [1.29, 1.82) is 0 Å². The minimum Gasteiger partial charge on any atom is -0.452 e. The number of nitrogens with zero attached hydrogens (tertiary/aromatic N) is 4. The van der Waals surface area contributed by atoms with Gasteiger partial charge >= 0.3 is 0 Å². The van der Waals surface area contributed by atoms with Crippen molar-refractivity contribution in [3.05, 3.63) is 206 Å². The lowest BCUT2D eigenvalue weighted by Gasteiger charge is -2.10. The highest BCUT2D eigenvalue weighted by Gasteiger charge is 2.20. The van der Waals surface area contributed by atoms with Gasteiger partial charge in [0, 0.05) is 33.0 Å². The molecule has 0 fully saturated rings. The van der Waals surface area contributed by atoms with E-state index in [0.717, 1.165) is 100.0 Å². The van der Waals surface area contributed by atoms with Crippen LogP contribution in [-0.4, -0.2) is 19.9 Å². The molecule has 0 bridgehead atoms. The standard InChI is InChI=1S/C56H34N4O2/c1-3-13-35(14-4-1)41-17-11-19-43(33-41)50-54-52(46-22-8-10-24-48(46)62-54)59-55(58-50)40-31-27-38(28-32-40)37-25-29-39(30-26-37)49-53-51(45-21-7-9-23-47(45)61-53)60-56(57-49)44-20-12-18-42(34-44)36-15-5-2-6-16-36/h1-34H. The molecule has 0 saturated heterocycles. The molecule has 62 heavy (non-hydrogen) atoms. The summed E-state index contributed by atoms with van der Waals surface area (Å²) in [5.74, 6) is 1.28. The maximum absolute atomic E-state index is 6.46. The molecule has 0 N–H and O–H groups in total. The molecular formula is C56H34N4O2. The zero-order valence-electron chi connectivity index (χ0n) is 33.2. The number of fused-ring (bicyclic) bond motifs is 6. The summed E-state index contributed by atoms with van der Waals surface area (Å²) in [7, 11) is 0. The van der Waals surface area contributed by atoms with E-state index in [2.05, 4.69) is 158 Å². The highest BCUT2D eigenvalue weighted by molar-refractivity contribution is 6.08. The molecule has 0 aliphatic rings. The van der Waals surface area contributed by atoms with Gasteiger partial charge in [0.25, 0.3) is 0 Å². The van der Waals surface area contributed by atoms with Crippen LogP contribution in [0.5, 0.6) is 0 Å². The molecule has 290 valence electrons. The summed E-state index contributed by atoms with van der Waals surface area (Å²) in [6.07, 6.45) is 0. The van der Waals surface area contributed by atoms with Gasteiger partial charge in [-0.15, -0.1) is 0 Å². The molecule has 0 aliphatic heterocycles. The first-order chi connectivity index (χ1) is 30.7. The average Bonchev–Trinajstić information content (AvgIpc) is 3.93. The molecular weight excluding hydrogens is 761 g/mol. The fourth-order valence-corrected chi connectivity index (χ4v) is 8.41. The highest BCUT2D eigenvalue weighted by Crippen LogP contribution is 2.39. The van der Waals surface area contributed by atoms with E-state index in [1.54, 1.807) is 0 Å². The molecule has 0 aliphatic carbocycles. The van der Waals surface area contributed by atoms with Crippen LogP contribution in [0.15, 0.2) is 215 Å². The molecule has 6 nitrogen and oxygen atoms in total. The van der Waals surface area contributed by atoms with E-state index in [1.165, 1.54) is 0 Å². The molecule has 0 radical (unpaired) electrons. The SMILES string of the molecule is c1ccc(-c2cccc(-c3nc(-c4ccc(-c5ccc(-c6nc(-c7cccc(-c8ccccc8)c7)c7oc8ccccc8c7n6)cc5)cc4)c4oc5ccccc5c4n3)c2)cc1. The molecule has 0 saturated carbocycles. The number of aromatic nitrogens is 4. The summed E-state index contributed by atoms with van der Waals surface area (Å²) < 4.78 is 12.9. The summed E-state index contributed by atoms with van der Waals surface area (Å²) in [5.41, 5.74) is 16.4. The zero-order chi connectivity index (χ0) is 41.0. The Hall–Kier alpha value is -8.48. The number of para-hydroxylation sites is 2. The van der Waals surface area contributed by atoms with Crippen molar-refractivity contribution >= 4 is 44.1 Å². The van der Waals surface area contributed by atoms with Crippen LogP contribution in [0.3, 0.4) is 0 Å². The van der Waals surface area contributed by atoms with Crippen molar-refractivity contribution < 1.29 is 8.83 Å². The van der Waals surface area contributed by atoms with Gasteiger partial charge in [-0.1, -0.05) is 170 Å².